The Balaban J connectivity index is 2.03. The van der Waals surface area contributed by atoms with Crippen molar-refractivity contribution in [3.63, 3.8) is 0 Å². The molecule has 0 fully saturated rings. The third-order valence-electron chi connectivity index (χ3n) is 4.31. The number of carbonyl (C=O) groups excluding carboxylic acids is 2. The van der Waals surface area contributed by atoms with Gasteiger partial charge in [0.15, 0.2) is 0 Å². The number of halogens is 1. The van der Waals surface area contributed by atoms with Crippen LogP contribution in [-0.4, -0.2) is 35.1 Å². The van der Waals surface area contributed by atoms with Crippen molar-refractivity contribution in [2.45, 2.75) is 44.2 Å². The highest BCUT2D eigenvalue weighted by Gasteiger charge is 2.25. The van der Waals surface area contributed by atoms with Gasteiger partial charge in [-0.3, -0.25) is 9.59 Å². The van der Waals surface area contributed by atoms with Gasteiger partial charge >= 0.3 is 0 Å². The van der Waals surface area contributed by atoms with Gasteiger partial charge in [0.25, 0.3) is 0 Å². The van der Waals surface area contributed by atoms with Gasteiger partial charge in [-0.2, -0.15) is 0 Å². The number of amides is 2. The molecule has 0 aliphatic rings. The summed E-state index contributed by atoms with van der Waals surface area (Å²) in [6, 6.07) is 15.3. The Kier molecular flexibility index (Phi) is 9.01. The van der Waals surface area contributed by atoms with Gasteiger partial charge in [0.05, 0.1) is 0 Å². The Morgan fingerprint density at radius 3 is 2.43 bits per heavy atom. The molecule has 6 heteroatoms. The van der Waals surface area contributed by atoms with Crippen LogP contribution in [0.3, 0.4) is 0 Å². The zero-order valence-corrected chi connectivity index (χ0v) is 17.2. The fourth-order valence-electron chi connectivity index (χ4n) is 2.68. The van der Waals surface area contributed by atoms with Gasteiger partial charge < -0.3 is 10.2 Å². The van der Waals surface area contributed by atoms with E-state index in [1.54, 1.807) is 35.7 Å². The summed E-state index contributed by atoms with van der Waals surface area (Å²) in [5.41, 5.74) is 0.792. The van der Waals surface area contributed by atoms with E-state index in [1.165, 1.54) is 12.1 Å². The lowest BCUT2D eigenvalue weighted by Gasteiger charge is -2.29. The molecule has 0 radical (unpaired) electrons. The molecular formula is C22H27FN2O2S. The lowest BCUT2D eigenvalue weighted by Crippen LogP contribution is -2.47. The van der Waals surface area contributed by atoms with Crippen LogP contribution in [-0.2, 0) is 16.1 Å². The number of thioether (sulfide) groups is 1. The molecular weight excluding hydrogens is 375 g/mol. The van der Waals surface area contributed by atoms with E-state index in [4.69, 9.17) is 0 Å². The number of carbonyl (C=O) groups is 2. The summed E-state index contributed by atoms with van der Waals surface area (Å²) in [6.45, 7) is 4.56. The van der Waals surface area contributed by atoms with E-state index in [-0.39, 0.29) is 24.2 Å². The fourth-order valence-corrected chi connectivity index (χ4v) is 3.54. The summed E-state index contributed by atoms with van der Waals surface area (Å²) >= 11 is 1.61. The highest BCUT2D eigenvalue weighted by molar-refractivity contribution is 7.99. The van der Waals surface area contributed by atoms with E-state index in [0.29, 0.717) is 18.7 Å². The molecule has 28 heavy (non-hydrogen) atoms. The minimum absolute atomic E-state index is 0.0908. The molecule has 1 atom stereocenters. The van der Waals surface area contributed by atoms with E-state index in [9.17, 15) is 14.0 Å². The maximum Gasteiger partial charge on any atom is 0.242 e. The number of nitrogens with zero attached hydrogens (tertiary/aromatic N) is 1. The zero-order chi connectivity index (χ0) is 20.4. The van der Waals surface area contributed by atoms with Gasteiger partial charge in [-0.15, -0.1) is 11.8 Å². The highest BCUT2D eigenvalue weighted by atomic mass is 32.2. The second kappa shape index (κ2) is 11.5. The summed E-state index contributed by atoms with van der Waals surface area (Å²) in [7, 11) is 0. The van der Waals surface area contributed by atoms with E-state index in [2.05, 4.69) is 5.32 Å². The Hall–Kier alpha value is -2.34. The largest absolute Gasteiger partial charge is 0.354 e. The fraction of sp³-hybridized carbons (Fsp3) is 0.364. The topological polar surface area (TPSA) is 49.4 Å². The van der Waals surface area contributed by atoms with Crippen molar-refractivity contribution in [2.24, 2.45) is 0 Å². The average molecular weight is 403 g/mol. The molecule has 0 spiro atoms. The van der Waals surface area contributed by atoms with Gasteiger partial charge in [-0.05, 0) is 43.2 Å². The van der Waals surface area contributed by atoms with Crippen LogP contribution in [0, 0.1) is 5.82 Å². The molecule has 2 aromatic rings. The van der Waals surface area contributed by atoms with Crippen LogP contribution in [0.4, 0.5) is 4.39 Å². The first-order valence-corrected chi connectivity index (χ1v) is 10.5. The predicted molar refractivity (Wildman–Crippen MR) is 111 cm³/mol. The monoisotopic (exact) mass is 402 g/mol. The summed E-state index contributed by atoms with van der Waals surface area (Å²) < 4.78 is 13.2. The van der Waals surface area contributed by atoms with Crippen molar-refractivity contribution in [3.05, 3.63) is 66.0 Å². The number of rotatable bonds is 10. The highest BCUT2D eigenvalue weighted by Crippen LogP contribution is 2.19. The quantitative estimate of drug-likeness (QED) is 0.605. The minimum atomic E-state index is -0.592. The Morgan fingerprint density at radius 1 is 1.11 bits per heavy atom. The second-order valence-corrected chi connectivity index (χ2v) is 7.69. The van der Waals surface area contributed by atoms with Crippen molar-refractivity contribution in [1.82, 2.24) is 10.2 Å². The van der Waals surface area contributed by atoms with E-state index >= 15 is 0 Å². The first-order chi connectivity index (χ1) is 13.5. The molecule has 0 aromatic heterocycles. The van der Waals surface area contributed by atoms with Crippen LogP contribution in [0.15, 0.2) is 59.5 Å². The van der Waals surface area contributed by atoms with Crippen LogP contribution in [0.25, 0.3) is 0 Å². The molecule has 1 N–H and O–H groups in total. The average Bonchev–Trinajstić information content (AvgIpc) is 2.71. The van der Waals surface area contributed by atoms with Crippen LogP contribution < -0.4 is 5.32 Å². The molecule has 0 aliphatic carbocycles. The van der Waals surface area contributed by atoms with Gasteiger partial charge in [0.2, 0.25) is 11.8 Å². The maximum absolute atomic E-state index is 13.2. The van der Waals surface area contributed by atoms with Gasteiger partial charge in [-0.1, -0.05) is 37.3 Å². The molecule has 2 aromatic carbocycles. The summed E-state index contributed by atoms with van der Waals surface area (Å²) in [5.74, 6) is 0.0426. The van der Waals surface area contributed by atoms with Crippen molar-refractivity contribution in [1.29, 1.82) is 0 Å². The third-order valence-corrected chi connectivity index (χ3v) is 5.32. The molecule has 0 heterocycles. The molecule has 0 saturated heterocycles. The van der Waals surface area contributed by atoms with Gasteiger partial charge in [0, 0.05) is 30.2 Å². The van der Waals surface area contributed by atoms with Crippen LogP contribution >= 0.6 is 11.8 Å². The van der Waals surface area contributed by atoms with Crippen molar-refractivity contribution in [2.75, 3.05) is 12.3 Å². The molecule has 0 bridgehead atoms. The predicted octanol–water partition coefficient (Wildman–Crippen LogP) is 4.25. The van der Waals surface area contributed by atoms with Gasteiger partial charge in [0.1, 0.15) is 11.9 Å². The van der Waals surface area contributed by atoms with E-state index in [0.717, 1.165) is 16.9 Å². The molecule has 0 aliphatic heterocycles. The van der Waals surface area contributed by atoms with Crippen molar-refractivity contribution >= 4 is 23.6 Å². The summed E-state index contributed by atoms with van der Waals surface area (Å²) in [4.78, 5) is 28.0. The lowest BCUT2D eigenvalue weighted by atomic mass is 10.1. The molecule has 0 unspecified atom stereocenters. The number of nitrogens with one attached hydrogen (secondary N) is 1. The van der Waals surface area contributed by atoms with Crippen molar-refractivity contribution < 1.29 is 14.0 Å². The smallest absolute Gasteiger partial charge is 0.242 e. The summed E-state index contributed by atoms with van der Waals surface area (Å²) in [5, 5.41) is 2.85. The molecule has 4 nitrogen and oxygen atoms in total. The standard InChI is InChI=1S/C22H27FN2O2S/c1-3-14-24-22(27)17(2)25(16-18-9-11-19(23)12-10-18)21(26)13-15-28-20-7-5-4-6-8-20/h4-12,17H,3,13-16H2,1-2H3,(H,24,27)/t17-/m1/s1. The van der Waals surface area contributed by atoms with Crippen LogP contribution in [0.2, 0.25) is 0 Å². The third kappa shape index (κ3) is 7.00. The van der Waals surface area contributed by atoms with Crippen LogP contribution in [0.1, 0.15) is 32.3 Å². The molecule has 150 valence electrons. The SMILES string of the molecule is CCCNC(=O)[C@@H](C)N(Cc1ccc(F)cc1)C(=O)CCSc1ccccc1. The number of hydrogen-bond donors (Lipinski definition) is 1. The maximum atomic E-state index is 13.2. The zero-order valence-electron chi connectivity index (χ0n) is 16.4. The normalized spacial score (nSPS) is 11.7. The Labute approximate surface area is 170 Å². The lowest BCUT2D eigenvalue weighted by molar-refractivity contribution is -0.140. The van der Waals surface area contributed by atoms with Gasteiger partial charge in [-0.25, -0.2) is 4.39 Å². The second-order valence-electron chi connectivity index (χ2n) is 6.53. The van der Waals surface area contributed by atoms with Crippen molar-refractivity contribution in [3.8, 4) is 0 Å². The number of benzene rings is 2. The Bertz CT molecular complexity index is 753. The molecule has 2 rings (SSSR count). The van der Waals surface area contributed by atoms with Crippen LogP contribution in [0.5, 0.6) is 0 Å². The minimum Gasteiger partial charge on any atom is -0.354 e. The van der Waals surface area contributed by atoms with E-state index in [1.807, 2.05) is 37.3 Å². The first-order valence-electron chi connectivity index (χ1n) is 9.50. The number of hydrogen-bond acceptors (Lipinski definition) is 3. The van der Waals surface area contributed by atoms with E-state index < -0.39 is 6.04 Å². The first kappa shape index (κ1) is 22.0. The molecule has 2 amide bonds. The Morgan fingerprint density at radius 2 is 1.79 bits per heavy atom. The molecule has 0 saturated carbocycles. The summed E-state index contributed by atoms with van der Waals surface area (Å²) in [6.07, 6.45) is 1.16.